The van der Waals surface area contributed by atoms with Crippen molar-refractivity contribution in [1.29, 1.82) is 0 Å². The van der Waals surface area contributed by atoms with Gasteiger partial charge in [0.15, 0.2) is 0 Å². The van der Waals surface area contributed by atoms with Crippen LogP contribution in [0.15, 0.2) is 59.1 Å². The van der Waals surface area contributed by atoms with E-state index in [0.29, 0.717) is 17.5 Å². The normalized spacial score (nSPS) is 20.4. The summed E-state index contributed by atoms with van der Waals surface area (Å²) in [5.41, 5.74) is 4.51. The topological polar surface area (TPSA) is 78.3 Å². The molecule has 2 amide bonds. The van der Waals surface area contributed by atoms with Gasteiger partial charge in [0.2, 0.25) is 0 Å². The molecule has 3 heterocycles. The highest BCUT2D eigenvalue weighted by molar-refractivity contribution is 9.10. The molecule has 1 aliphatic heterocycles. The second kappa shape index (κ2) is 6.34. The van der Waals surface area contributed by atoms with Crippen LogP contribution in [0.25, 0.3) is 43.6 Å². The maximum absolute atomic E-state index is 13.4. The predicted molar refractivity (Wildman–Crippen MR) is 132 cm³/mol. The molecule has 3 aromatic carbocycles. The first kappa shape index (κ1) is 19.1. The zero-order valence-corrected chi connectivity index (χ0v) is 19.2. The molecule has 1 aliphatic carbocycles. The standard InChI is InChI=1S/C26H18BrN3O3/c1-29-25(32)21-19-16-10-12(27)6-9-17(16)28-23(19)24-20(22(21)26(29)33)15-4-2-3-5-18(15)30(24)13-7-8-14(31)11-13/h2-10,13-14,28,31H,11H2,1H3/t13?,14-/m1/s1. The summed E-state index contributed by atoms with van der Waals surface area (Å²) in [5, 5.41) is 13.6. The van der Waals surface area contributed by atoms with Crippen LogP contribution in [0.3, 0.4) is 0 Å². The van der Waals surface area contributed by atoms with Gasteiger partial charge in [-0.05, 0) is 24.3 Å². The Kier molecular flexibility index (Phi) is 3.66. The molecule has 6 nitrogen and oxygen atoms in total. The molecule has 0 radical (unpaired) electrons. The number of aliphatic hydroxyl groups excluding tert-OH is 1. The second-order valence-corrected chi connectivity index (χ2v) is 9.77. The number of imide groups is 1. The summed E-state index contributed by atoms with van der Waals surface area (Å²) in [5.74, 6) is -0.563. The van der Waals surface area contributed by atoms with Crippen molar-refractivity contribution in [2.45, 2.75) is 18.6 Å². The summed E-state index contributed by atoms with van der Waals surface area (Å²) >= 11 is 3.56. The van der Waals surface area contributed by atoms with E-state index in [1.165, 1.54) is 4.90 Å². The molecule has 7 rings (SSSR count). The van der Waals surface area contributed by atoms with Crippen LogP contribution in [0, 0.1) is 0 Å². The SMILES string of the molecule is CN1C(=O)c2c(c3c4ccccc4n(C4C=C[C@@H](O)C4)c3c3[nH]c4ccc(Br)cc4c23)C1=O. The van der Waals surface area contributed by atoms with E-state index in [9.17, 15) is 14.7 Å². The summed E-state index contributed by atoms with van der Waals surface area (Å²) < 4.78 is 3.11. The lowest BCUT2D eigenvalue weighted by atomic mass is 9.96. The molecule has 0 fully saturated rings. The van der Waals surface area contributed by atoms with Gasteiger partial charge < -0.3 is 14.7 Å². The number of amides is 2. The number of hydrogen-bond acceptors (Lipinski definition) is 3. The van der Waals surface area contributed by atoms with Crippen LogP contribution < -0.4 is 0 Å². The van der Waals surface area contributed by atoms with Crippen molar-refractivity contribution in [2.24, 2.45) is 0 Å². The number of aliphatic hydroxyl groups is 1. The number of benzene rings is 3. The number of rotatable bonds is 1. The first-order valence-electron chi connectivity index (χ1n) is 10.8. The van der Waals surface area contributed by atoms with Crippen molar-refractivity contribution in [3.05, 3.63) is 70.2 Å². The summed E-state index contributed by atoms with van der Waals surface area (Å²) in [4.78, 5) is 31.6. The number of aromatic nitrogens is 2. The van der Waals surface area contributed by atoms with Gasteiger partial charge in [0, 0.05) is 50.5 Å². The fraction of sp³-hybridized carbons (Fsp3) is 0.154. The number of aromatic amines is 1. The van der Waals surface area contributed by atoms with Gasteiger partial charge in [0.1, 0.15) is 0 Å². The van der Waals surface area contributed by atoms with E-state index in [4.69, 9.17) is 0 Å². The van der Waals surface area contributed by atoms with E-state index in [1.807, 2.05) is 54.6 Å². The van der Waals surface area contributed by atoms with Crippen LogP contribution in [0.4, 0.5) is 0 Å². The van der Waals surface area contributed by atoms with E-state index in [1.54, 1.807) is 7.05 Å². The molecule has 5 aromatic rings. The monoisotopic (exact) mass is 499 g/mol. The Bertz CT molecular complexity index is 1740. The zero-order chi connectivity index (χ0) is 22.6. The molecule has 162 valence electrons. The summed E-state index contributed by atoms with van der Waals surface area (Å²) in [6.07, 6.45) is 3.89. The molecule has 2 atom stereocenters. The highest BCUT2D eigenvalue weighted by atomic mass is 79.9. The number of hydrogen-bond donors (Lipinski definition) is 2. The Balaban J connectivity index is 1.80. The number of carbonyl (C=O) groups is 2. The Morgan fingerprint density at radius 1 is 1.00 bits per heavy atom. The minimum absolute atomic E-state index is 0.0632. The van der Waals surface area contributed by atoms with Gasteiger partial charge in [-0.25, -0.2) is 0 Å². The van der Waals surface area contributed by atoms with E-state index in [2.05, 4.69) is 25.5 Å². The van der Waals surface area contributed by atoms with Gasteiger partial charge in [-0.15, -0.1) is 0 Å². The van der Waals surface area contributed by atoms with Crippen LogP contribution in [-0.2, 0) is 0 Å². The maximum Gasteiger partial charge on any atom is 0.262 e. The van der Waals surface area contributed by atoms with Gasteiger partial charge in [-0.2, -0.15) is 0 Å². The maximum atomic E-state index is 13.4. The summed E-state index contributed by atoms with van der Waals surface area (Å²) in [7, 11) is 1.54. The molecule has 33 heavy (non-hydrogen) atoms. The lowest BCUT2D eigenvalue weighted by Gasteiger charge is -2.16. The first-order valence-corrected chi connectivity index (χ1v) is 11.6. The number of fused-ring (bicyclic) bond motifs is 10. The van der Waals surface area contributed by atoms with Gasteiger partial charge in [0.25, 0.3) is 11.8 Å². The van der Waals surface area contributed by atoms with Gasteiger partial charge in [-0.3, -0.25) is 14.5 Å². The van der Waals surface area contributed by atoms with Gasteiger partial charge in [0.05, 0.1) is 34.3 Å². The van der Waals surface area contributed by atoms with Crippen LogP contribution in [0.1, 0.15) is 33.2 Å². The Morgan fingerprint density at radius 2 is 1.76 bits per heavy atom. The van der Waals surface area contributed by atoms with Crippen molar-refractivity contribution in [3.63, 3.8) is 0 Å². The molecular formula is C26H18BrN3O3. The summed E-state index contributed by atoms with van der Waals surface area (Å²) in [6, 6.07) is 13.8. The molecule has 2 N–H and O–H groups in total. The molecule has 7 heteroatoms. The largest absolute Gasteiger partial charge is 0.389 e. The van der Waals surface area contributed by atoms with Gasteiger partial charge in [-0.1, -0.05) is 46.3 Å². The van der Waals surface area contributed by atoms with E-state index in [0.717, 1.165) is 48.1 Å². The predicted octanol–water partition coefficient (Wildman–Crippen LogP) is 5.28. The molecule has 2 aromatic heterocycles. The molecule has 0 bridgehead atoms. The fourth-order valence-electron chi connectivity index (χ4n) is 5.67. The van der Waals surface area contributed by atoms with Crippen molar-refractivity contribution < 1.29 is 14.7 Å². The average molecular weight is 500 g/mol. The number of nitrogens with one attached hydrogen (secondary N) is 1. The van der Waals surface area contributed by atoms with Crippen molar-refractivity contribution in [2.75, 3.05) is 7.05 Å². The number of allylic oxidation sites excluding steroid dienone is 1. The average Bonchev–Trinajstić information content (AvgIpc) is 3.53. The highest BCUT2D eigenvalue weighted by Crippen LogP contribution is 2.46. The fourth-order valence-corrected chi connectivity index (χ4v) is 6.03. The number of carbonyl (C=O) groups excluding carboxylic acids is 2. The molecule has 2 aliphatic rings. The molecule has 0 saturated carbocycles. The van der Waals surface area contributed by atoms with E-state index in [-0.39, 0.29) is 17.9 Å². The number of nitrogens with zero attached hydrogens (tertiary/aromatic N) is 2. The Labute approximate surface area is 196 Å². The Hall–Kier alpha value is -3.42. The molecule has 0 spiro atoms. The lowest BCUT2D eigenvalue weighted by molar-refractivity contribution is 0.0694. The number of halogens is 1. The minimum atomic E-state index is -0.510. The zero-order valence-electron chi connectivity index (χ0n) is 17.6. The van der Waals surface area contributed by atoms with E-state index < -0.39 is 6.10 Å². The second-order valence-electron chi connectivity index (χ2n) is 8.85. The molecule has 0 saturated heterocycles. The lowest BCUT2D eigenvalue weighted by Crippen LogP contribution is -2.24. The quantitative estimate of drug-likeness (QED) is 0.243. The van der Waals surface area contributed by atoms with Crippen LogP contribution in [0.5, 0.6) is 0 Å². The Morgan fingerprint density at radius 3 is 2.52 bits per heavy atom. The molecule has 1 unspecified atom stereocenters. The van der Waals surface area contributed by atoms with Crippen molar-refractivity contribution in [3.8, 4) is 0 Å². The van der Waals surface area contributed by atoms with Gasteiger partial charge >= 0.3 is 0 Å². The highest BCUT2D eigenvalue weighted by Gasteiger charge is 2.40. The van der Waals surface area contributed by atoms with E-state index >= 15 is 0 Å². The number of H-pyrrole nitrogens is 1. The van der Waals surface area contributed by atoms with Crippen LogP contribution in [0.2, 0.25) is 0 Å². The smallest absolute Gasteiger partial charge is 0.262 e. The number of para-hydroxylation sites is 1. The van der Waals surface area contributed by atoms with Crippen molar-refractivity contribution >= 4 is 71.4 Å². The van der Waals surface area contributed by atoms with Crippen LogP contribution >= 0.6 is 15.9 Å². The third-order valence-corrected chi connectivity index (χ3v) is 7.56. The first-order chi connectivity index (χ1) is 16.0. The van der Waals surface area contributed by atoms with Crippen LogP contribution in [-0.4, -0.2) is 44.5 Å². The third-order valence-electron chi connectivity index (χ3n) is 7.07. The third kappa shape index (κ3) is 2.31. The minimum Gasteiger partial charge on any atom is -0.389 e. The summed E-state index contributed by atoms with van der Waals surface area (Å²) in [6.45, 7) is 0. The van der Waals surface area contributed by atoms with Crippen molar-refractivity contribution in [1.82, 2.24) is 14.5 Å². The molecular weight excluding hydrogens is 482 g/mol.